The molecule has 1 rings (SSSR count). The molecule has 0 aromatic carbocycles. The number of nitrogens with one attached hydrogen (secondary N) is 1. The van der Waals surface area contributed by atoms with Crippen LogP contribution >= 0.6 is 0 Å². The third-order valence-corrected chi connectivity index (χ3v) is 1.79. The Morgan fingerprint density at radius 3 is 2.60 bits per heavy atom. The first-order valence-electron chi connectivity index (χ1n) is 4.49. The minimum absolute atomic E-state index is 0.0877. The second-order valence-corrected chi connectivity index (χ2v) is 2.84. The molecule has 0 unspecified atom stereocenters. The summed E-state index contributed by atoms with van der Waals surface area (Å²) >= 11 is 0. The van der Waals surface area contributed by atoms with Crippen LogP contribution < -0.4 is 5.32 Å². The molecule has 0 atom stereocenters. The van der Waals surface area contributed by atoms with E-state index in [2.05, 4.69) is 10.3 Å². The smallest absolute Gasteiger partial charge is 0.145 e. The highest BCUT2D eigenvalue weighted by Gasteiger charge is 1.91. The van der Waals surface area contributed by atoms with Gasteiger partial charge in [-0.15, -0.1) is 0 Å². The van der Waals surface area contributed by atoms with Crippen LogP contribution in [0.15, 0.2) is 36.3 Å². The maximum atomic E-state index is 8.45. The quantitative estimate of drug-likeness (QED) is 0.581. The first-order chi connectivity index (χ1) is 7.36. The minimum atomic E-state index is 0.0877. The van der Waals surface area contributed by atoms with Crippen LogP contribution in [0, 0.1) is 22.7 Å². The molecular weight excluding hydrogens is 188 g/mol. The number of hydrogen-bond acceptors (Lipinski definition) is 4. The number of nitrogens with zero attached hydrogens (tertiary/aromatic N) is 3. The van der Waals surface area contributed by atoms with Gasteiger partial charge < -0.3 is 5.32 Å². The van der Waals surface area contributed by atoms with Crippen molar-refractivity contribution in [1.29, 1.82) is 10.5 Å². The van der Waals surface area contributed by atoms with Crippen LogP contribution in [0.4, 0.5) is 0 Å². The van der Waals surface area contributed by atoms with E-state index in [1.54, 1.807) is 24.5 Å². The van der Waals surface area contributed by atoms with Gasteiger partial charge in [0.2, 0.25) is 0 Å². The van der Waals surface area contributed by atoms with Crippen molar-refractivity contribution in [3.8, 4) is 12.1 Å². The van der Waals surface area contributed by atoms with E-state index in [0.717, 1.165) is 6.42 Å². The standard InChI is InChI=1S/C11H10N4/c12-7-11(8-13)9-15-6-3-10-1-4-14-5-2-10/h1-2,4-5,9,15H,3,6H2. The molecule has 0 aliphatic heterocycles. The molecule has 1 heterocycles. The molecule has 0 spiro atoms. The highest BCUT2D eigenvalue weighted by atomic mass is 14.8. The monoisotopic (exact) mass is 198 g/mol. The van der Waals surface area contributed by atoms with Gasteiger partial charge >= 0.3 is 0 Å². The van der Waals surface area contributed by atoms with E-state index in [1.807, 2.05) is 12.1 Å². The summed E-state index contributed by atoms with van der Waals surface area (Å²) in [6, 6.07) is 7.42. The van der Waals surface area contributed by atoms with E-state index in [4.69, 9.17) is 10.5 Å². The highest BCUT2D eigenvalue weighted by molar-refractivity contribution is 5.34. The summed E-state index contributed by atoms with van der Waals surface area (Å²) in [5.41, 5.74) is 1.26. The van der Waals surface area contributed by atoms with Crippen molar-refractivity contribution in [2.75, 3.05) is 6.54 Å². The molecule has 0 aliphatic rings. The molecule has 15 heavy (non-hydrogen) atoms. The van der Waals surface area contributed by atoms with Crippen LogP contribution in [0.1, 0.15) is 5.56 Å². The largest absolute Gasteiger partial charge is 0.389 e. The summed E-state index contributed by atoms with van der Waals surface area (Å²) in [6.45, 7) is 0.691. The Hall–Kier alpha value is -2.33. The molecule has 0 fully saturated rings. The number of pyridine rings is 1. The summed E-state index contributed by atoms with van der Waals surface area (Å²) in [4.78, 5) is 3.91. The van der Waals surface area contributed by atoms with Gasteiger partial charge in [0.1, 0.15) is 17.7 Å². The van der Waals surface area contributed by atoms with Crippen molar-refractivity contribution in [1.82, 2.24) is 10.3 Å². The second kappa shape index (κ2) is 6.17. The molecule has 1 aromatic rings. The van der Waals surface area contributed by atoms with Gasteiger partial charge in [-0.1, -0.05) is 0 Å². The third kappa shape index (κ3) is 3.93. The van der Waals surface area contributed by atoms with Crippen LogP contribution in [0.25, 0.3) is 0 Å². The first kappa shape index (κ1) is 10.7. The van der Waals surface area contributed by atoms with Gasteiger partial charge in [0.25, 0.3) is 0 Å². The Kier molecular flexibility index (Phi) is 4.42. The normalized spacial score (nSPS) is 8.40. The zero-order valence-corrected chi connectivity index (χ0v) is 8.14. The van der Waals surface area contributed by atoms with Gasteiger partial charge in [-0.3, -0.25) is 4.98 Å². The summed E-state index contributed by atoms with van der Waals surface area (Å²) in [5.74, 6) is 0. The molecule has 1 N–H and O–H groups in total. The van der Waals surface area contributed by atoms with E-state index in [-0.39, 0.29) is 5.57 Å². The Morgan fingerprint density at radius 2 is 2.00 bits per heavy atom. The fourth-order valence-corrected chi connectivity index (χ4v) is 1.03. The Bertz CT molecular complexity index is 392. The lowest BCUT2D eigenvalue weighted by Crippen LogP contribution is -2.10. The van der Waals surface area contributed by atoms with E-state index in [0.29, 0.717) is 6.54 Å². The second-order valence-electron chi connectivity index (χ2n) is 2.84. The Morgan fingerprint density at radius 1 is 1.33 bits per heavy atom. The van der Waals surface area contributed by atoms with Crippen LogP contribution in [-0.2, 0) is 6.42 Å². The third-order valence-electron chi connectivity index (χ3n) is 1.79. The van der Waals surface area contributed by atoms with E-state index < -0.39 is 0 Å². The molecule has 0 radical (unpaired) electrons. The topological polar surface area (TPSA) is 72.5 Å². The van der Waals surface area contributed by atoms with Crippen molar-refractivity contribution in [2.24, 2.45) is 0 Å². The lowest BCUT2D eigenvalue weighted by Gasteiger charge is -2.00. The summed E-state index contributed by atoms with van der Waals surface area (Å²) < 4.78 is 0. The number of aromatic nitrogens is 1. The molecule has 0 amide bonds. The van der Waals surface area contributed by atoms with Crippen molar-refractivity contribution in [3.63, 3.8) is 0 Å². The molecule has 0 saturated carbocycles. The van der Waals surface area contributed by atoms with Gasteiger partial charge in [-0.2, -0.15) is 10.5 Å². The summed E-state index contributed by atoms with van der Waals surface area (Å²) in [7, 11) is 0. The highest BCUT2D eigenvalue weighted by Crippen LogP contribution is 1.96. The van der Waals surface area contributed by atoms with Crippen LogP contribution in [0.5, 0.6) is 0 Å². The van der Waals surface area contributed by atoms with Crippen molar-refractivity contribution in [3.05, 3.63) is 41.9 Å². The fraction of sp³-hybridized carbons (Fsp3) is 0.182. The van der Waals surface area contributed by atoms with Crippen molar-refractivity contribution >= 4 is 0 Å². The van der Waals surface area contributed by atoms with Crippen LogP contribution in [0.3, 0.4) is 0 Å². The molecule has 4 nitrogen and oxygen atoms in total. The lowest BCUT2D eigenvalue weighted by molar-refractivity contribution is 0.829. The molecule has 4 heteroatoms. The van der Waals surface area contributed by atoms with Gasteiger partial charge in [0, 0.05) is 25.1 Å². The molecule has 0 saturated heterocycles. The maximum absolute atomic E-state index is 8.45. The van der Waals surface area contributed by atoms with Gasteiger partial charge in [-0.25, -0.2) is 0 Å². The lowest BCUT2D eigenvalue weighted by atomic mass is 10.2. The summed E-state index contributed by atoms with van der Waals surface area (Å²) in [6.07, 6.45) is 5.74. The van der Waals surface area contributed by atoms with E-state index in [9.17, 15) is 0 Å². The fourth-order valence-electron chi connectivity index (χ4n) is 1.03. The first-order valence-corrected chi connectivity index (χ1v) is 4.49. The molecule has 74 valence electrons. The summed E-state index contributed by atoms with van der Waals surface area (Å²) in [5, 5.41) is 19.8. The average Bonchev–Trinajstić information content (AvgIpc) is 2.31. The van der Waals surface area contributed by atoms with Gasteiger partial charge in [-0.05, 0) is 24.1 Å². The number of allylic oxidation sites excluding steroid dienone is 1. The molecular formula is C11H10N4. The van der Waals surface area contributed by atoms with Gasteiger partial charge in [0.05, 0.1) is 0 Å². The predicted octanol–water partition coefficient (Wildman–Crippen LogP) is 1.14. The maximum Gasteiger partial charge on any atom is 0.145 e. The zero-order valence-electron chi connectivity index (χ0n) is 8.14. The minimum Gasteiger partial charge on any atom is -0.389 e. The molecule has 0 aliphatic carbocycles. The van der Waals surface area contributed by atoms with E-state index >= 15 is 0 Å². The Balaban J connectivity index is 2.33. The molecule has 1 aromatic heterocycles. The van der Waals surface area contributed by atoms with Crippen molar-refractivity contribution < 1.29 is 0 Å². The predicted molar refractivity (Wildman–Crippen MR) is 55.3 cm³/mol. The van der Waals surface area contributed by atoms with Crippen LogP contribution in [0.2, 0.25) is 0 Å². The average molecular weight is 198 g/mol. The Labute approximate surface area is 88.5 Å². The molecule has 0 bridgehead atoms. The van der Waals surface area contributed by atoms with Gasteiger partial charge in [0.15, 0.2) is 0 Å². The number of hydrogen-bond donors (Lipinski definition) is 1. The SMILES string of the molecule is N#CC(C#N)=CNCCc1ccncc1. The zero-order chi connectivity index (χ0) is 10.9. The van der Waals surface area contributed by atoms with Crippen molar-refractivity contribution in [2.45, 2.75) is 6.42 Å². The number of nitriles is 2. The van der Waals surface area contributed by atoms with E-state index in [1.165, 1.54) is 11.8 Å². The number of rotatable bonds is 4. The van der Waals surface area contributed by atoms with Crippen LogP contribution in [-0.4, -0.2) is 11.5 Å².